The maximum atomic E-state index is 12.9. The molecule has 2 aromatic rings. The zero-order chi connectivity index (χ0) is 22.5. The van der Waals surface area contributed by atoms with E-state index < -0.39 is 0 Å². The topological polar surface area (TPSA) is 67.2 Å². The van der Waals surface area contributed by atoms with Crippen molar-refractivity contribution < 1.29 is 9.59 Å². The molecule has 0 aliphatic heterocycles. The minimum Gasteiger partial charge on any atom is -0.333 e. The van der Waals surface area contributed by atoms with Crippen LogP contribution in [0, 0.1) is 5.92 Å². The molecule has 0 aliphatic rings. The van der Waals surface area contributed by atoms with E-state index in [0.29, 0.717) is 23.1 Å². The lowest BCUT2D eigenvalue weighted by Crippen LogP contribution is -2.40. The predicted molar refractivity (Wildman–Crippen MR) is 122 cm³/mol. The maximum Gasteiger partial charge on any atom is 0.245 e. The fraction of sp³-hybridized carbons (Fsp3) is 0.522. The number of para-hydroxylation sites is 1. The molecule has 0 bridgehead atoms. The van der Waals surface area contributed by atoms with Crippen molar-refractivity contribution in [1.29, 1.82) is 0 Å². The van der Waals surface area contributed by atoms with E-state index in [2.05, 4.69) is 33.0 Å². The molecule has 0 saturated heterocycles. The summed E-state index contributed by atoms with van der Waals surface area (Å²) in [7, 11) is 0. The zero-order valence-corrected chi connectivity index (χ0v) is 19.6. The molecule has 0 aliphatic carbocycles. The minimum absolute atomic E-state index is 0.00949. The Morgan fingerprint density at radius 2 is 1.90 bits per heavy atom. The van der Waals surface area contributed by atoms with Crippen molar-refractivity contribution >= 4 is 29.2 Å². The lowest BCUT2D eigenvalue weighted by molar-refractivity contribution is -0.137. The first kappa shape index (κ1) is 23.9. The molecule has 7 heteroatoms. The number of carbonyl (C=O) groups is 2. The Labute approximate surface area is 184 Å². The number of amides is 2. The van der Waals surface area contributed by atoms with E-state index in [0.717, 1.165) is 18.5 Å². The Kier molecular flexibility index (Phi) is 8.07. The molecular formula is C23H33ClN4O2. The third-order valence-corrected chi connectivity index (χ3v) is 5.07. The van der Waals surface area contributed by atoms with Gasteiger partial charge in [-0.15, -0.1) is 0 Å². The van der Waals surface area contributed by atoms with Crippen molar-refractivity contribution in [3.05, 3.63) is 41.0 Å². The zero-order valence-electron chi connectivity index (χ0n) is 18.8. The second kappa shape index (κ2) is 10.1. The van der Waals surface area contributed by atoms with Crippen molar-refractivity contribution in [3.63, 3.8) is 0 Å². The lowest BCUT2D eigenvalue weighted by atomic mass is 9.92. The van der Waals surface area contributed by atoms with Crippen LogP contribution in [-0.2, 0) is 15.0 Å². The highest BCUT2D eigenvalue weighted by Gasteiger charge is 2.24. The summed E-state index contributed by atoms with van der Waals surface area (Å²) >= 11 is 6.38. The highest BCUT2D eigenvalue weighted by atomic mass is 35.5. The Balaban J connectivity index is 2.31. The highest BCUT2D eigenvalue weighted by molar-refractivity contribution is 6.32. The number of nitrogens with zero attached hydrogens (tertiary/aromatic N) is 3. The molecular weight excluding hydrogens is 400 g/mol. The normalized spacial score (nSPS) is 11.6. The predicted octanol–water partition coefficient (Wildman–Crippen LogP) is 5.05. The molecule has 0 fully saturated rings. The van der Waals surface area contributed by atoms with Gasteiger partial charge in [-0.2, -0.15) is 5.10 Å². The third-order valence-electron chi connectivity index (χ3n) is 4.75. The fourth-order valence-electron chi connectivity index (χ4n) is 2.98. The summed E-state index contributed by atoms with van der Waals surface area (Å²) in [6.07, 6.45) is 1.81. The van der Waals surface area contributed by atoms with Crippen LogP contribution in [0.25, 0.3) is 5.69 Å². The van der Waals surface area contributed by atoms with E-state index in [9.17, 15) is 9.59 Å². The molecule has 2 rings (SSSR count). The first-order valence-electron chi connectivity index (χ1n) is 10.5. The number of halogens is 1. The van der Waals surface area contributed by atoms with Crippen LogP contribution in [0.15, 0.2) is 30.3 Å². The van der Waals surface area contributed by atoms with Crippen LogP contribution in [0.1, 0.15) is 60.1 Å². The number of rotatable bonds is 8. The summed E-state index contributed by atoms with van der Waals surface area (Å²) in [4.78, 5) is 27.0. The molecule has 1 N–H and O–H groups in total. The van der Waals surface area contributed by atoms with Gasteiger partial charge >= 0.3 is 0 Å². The monoisotopic (exact) mass is 432 g/mol. The number of benzene rings is 1. The number of carbonyl (C=O) groups excluding carboxylic acids is 2. The van der Waals surface area contributed by atoms with Gasteiger partial charge in [0.1, 0.15) is 5.82 Å². The summed E-state index contributed by atoms with van der Waals surface area (Å²) < 4.78 is 1.65. The second-order valence-electron chi connectivity index (χ2n) is 8.84. The number of anilines is 1. The van der Waals surface area contributed by atoms with E-state index in [1.807, 2.05) is 38.1 Å². The van der Waals surface area contributed by atoms with Crippen molar-refractivity contribution in [1.82, 2.24) is 14.7 Å². The molecule has 164 valence electrons. The fourth-order valence-corrected chi connectivity index (χ4v) is 3.20. The van der Waals surface area contributed by atoms with Crippen molar-refractivity contribution in [3.8, 4) is 5.69 Å². The van der Waals surface area contributed by atoms with Crippen molar-refractivity contribution in [2.45, 2.75) is 59.8 Å². The third kappa shape index (κ3) is 6.08. The van der Waals surface area contributed by atoms with Gasteiger partial charge in [-0.05, 0) is 18.6 Å². The molecule has 0 spiro atoms. The Bertz CT molecular complexity index is 884. The van der Waals surface area contributed by atoms with Gasteiger partial charge in [0.15, 0.2) is 0 Å². The summed E-state index contributed by atoms with van der Waals surface area (Å²) in [6, 6.07) is 9.23. The number of nitrogens with one attached hydrogen (secondary N) is 1. The van der Waals surface area contributed by atoms with E-state index in [1.54, 1.807) is 15.6 Å². The molecule has 0 saturated carbocycles. The number of hydrogen-bond donors (Lipinski definition) is 1. The Morgan fingerprint density at radius 1 is 1.23 bits per heavy atom. The van der Waals surface area contributed by atoms with Crippen LogP contribution in [0.4, 0.5) is 5.82 Å². The molecule has 6 nitrogen and oxygen atoms in total. The molecule has 0 radical (unpaired) electrons. The SMILES string of the molecule is CCCCN(CC(=O)Nc1cc(C(C)(C)C)nn1-c1ccccc1Cl)C(=O)C(C)C. The van der Waals surface area contributed by atoms with Crippen molar-refractivity contribution in [2.75, 3.05) is 18.4 Å². The summed E-state index contributed by atoms with van der Waals surface area (Å²) in [5, 5.41) is 8.17. The van der Waals surface area contributed by atoms with Crippen LogP contribution >= 0.6 is 11.6 Å². The quantitative estimate of drug-likeness (QED) is 0.634. The molecule has 30 heavy (non-hydrogen) atoms. The number of aromatic nitrogens is 2. The largest absolute Gasteiger partial charge is 0.333 e. The summed E-state index contributed by atoms with van der Waals surface area (Å²) in [5.74, 6) is 0.101. The standard InChI is InChI=1S/C23H33ClN4O2/c1-7-8-13-27(22(30)16(2)3)15-21(29)25-20-14-19(23(4,5)6)26-28(20)18-12-10-9-11-17(18)24/h9-12,14,16H,7-8,13,15H2,1-6H3,(H,25,29). The Morgan fingerprint density at radius 3 is 2.47 bits per heavy atom. The lowest BCUT2D eigenvalue weighted by Gasteiger charge is -2.24. The van der Waals surface area contributed by atoms with Crippen LogP contribution in [0.5, 0.6) is 0 Å². The van der Waals surface area contributed by atoms with E-state index >= 15 is 0 Å². The van der Waals surface area contributed by atoms with Gasteiger partial charge in [0, 0.05) is 23.9 Å². The minimum atomic E-state index is -0.256. The van der Waals surface area contributed by atoms with Gasteiger partial charge < -0.3 is 10.2 Å². The average molecular weight is 433 g/mol. The molecule has 1 heterocycles. The van der Waals surface area contributed by atoms with Gasteiger partial charge in [-0.25, -0.2) is 4.68 Å². The number of hydrogen-bond acceptors (Lipinski definition) is 3. The van der Waals surface area contributed by atoms with Crippen LogP contribution in [0.3, 0.4) is 0 Å². The summed E-state index contributed by atoms with van der Waals surface area (Å²) in [5.41, 5.74) is 1.32. The van der Waals surface area contributed by atoms with Gasteiger partial charge in [0.2, 0.25) is 11.8 Å². The molecule has 0 atom stereocenters. The van der Waals surface area contributed by atoms with Crippen molar-refractivity contribution in [2.24, 2.45) is 5.92 Å². The molecule has 1 aromatic heterocycles. The molecule has 0 unspecified atom stereocenters. The van der Waals surface area contributed by atoms with E-state index in [-0.39, 0.29) is 29.7 Å². The van der Waals surface area contributed by atoms with Crippen LogP contribution in [-0.4, -0.2) is 39.6 Å². The number of unbranched alkanes of at least 4 members (excludes halogenated alkanes) is 1. The second-order valence-corrected chi connectivity index (χ2v) is 9.25. The molecule has 2 amide bonds. The van der Waals surface area contributed by atoms with E-state index in [4.69, 9.17) is 16.7 Å². The van der Waals surface area contributed by atoms with E-state index in [1.165, 1.54) is 0 Å². The van der Waals surface area contributed by atoms with Gasteiger partial charge in [-0.1, -0.05) is 71.7 Å². The molecule has 1 aromatic carbocycles. The summed E-state index contributed by atoms with van der Waals surface area (Å²) in [6.45, 7) is 12.5. The van der Waals surface area contributed by atoms with Crippen LogP contribution in [0.2, 0.25) is 5.02 Å². The first-order valence-corrected chi connectivity index (χ1v) is 10.9. The average Bonchev–Trinajstić information content (AvgIpc) is 3.08. The smallest absolute Gasteiger partial charge is 0.245 e. The Hall–Kier alpha value is -2.34. The maximum absolute atomic E-state index is 12.9. The van der Waals surface area contributed by atoms with Gasteiger partial charge in [0.05, 0.1) is 22.9 Å². The van der Waals surface area contributed by atoms with Crippen LogP contribution < -0.4 is 5.32 Å². The van der Waals surface area contributed by atoms with Gasteiger partial charge in [-0.3, -0.25) is 9.59 Å². The highest BCUT2D eigenvalue weighted by Crippen LogP contribution is 2.29. The van der Waals surface area contributed by atoms with Gasteiger partial charge in [0.25, 0.3) is 0 Å². The first-order chi connectivity index (χ1) is 14.0.